The molecule has 3 N–H and O–H groups in total. The molecule has 0 atom stereocenters. The highest BCUT2D eigenvalue weighted by Crippen LogP contribution is 2.40. The quantitative estimate of drug-likeness (QED) is 0.654. The Morgan fingerprint density at radius 1 is 1.27 bits per heavy atom. The van der Waals surface area contributed by atoms with Gasteiger partial charge < -0.3 is 25.4 Å². The third-order valence-electron chi connectivity index (χ3n) is 4.34. The van der Waals surface area contributed by atoms with Gasteiger partial charge in [0.1, 0.15) is 0 Å². The molecule has 1 fully saturated rings. The number of ether oxygens (including phenoxy) is 2. The molecule has 1 aliphatic heterocycles. The van der Waals surface area contributed by atoms with E-state index >= 15 is 0 Å². The van der Waals surface area contributed by atoms with Gasteiger partial charge in [-0.15, -0.1) is 0 Å². The molecule has 1 aromatic carbocycles. The number of fused-ring (bicyclic) bond motifs is 1. The van der Waals surface area contributed by atoms with E-state index in [4.69, 9.17) is 15.2 Å². The van der Waals surface area contributed by atoms with Crippen LogP contribution in [0.4, 0.5) is 5.69 Å². The number of hydrogen-bond acceptors (Lipinski definition) is 4. The highest BCUT2D eigenvalue weighted by molar-refractivity contribution is 5.92. The van der Waals surface area contributed by atoms with E-state index in [0.717, 1.165) is 30.2 Å². The first-order chi connectivity index (χ1) is 10.6. The highest BCUT2D eigenvalue weighted by Gasteiger charge is 2.44. The smallest absolute Gasteiger partial charge is 0.193 e. The zero-order valence-corrected chi connectivity index (χ0v) is 13.3. The summed E-state index contributed by atoms with van der Waals surface area (Å²) >= 11 is 0. The molecule has 6 heteroatoms. The summed E-state index contributed by atoms with van der Waals surface area (Å²) in [6, 6.07) is 5.73. The number of benzene rings is 1. The van der Waals surface area contributed by atoms with Crippen molar-refractivity contribution >= 4 is 11.6 Å². The fourth-order valence-corrected chi connectivity index (χ4v) is 2.55. The van der Waals surface area contributed by atoms with Gasteiger partial charge in [-0.1, -0.05) is 0 Å². The van der Waals surface area contributed by atoms with Gasteiger partial charge in [0.2, 0.25) is 0 Å². The number of rotatable bonds is 4. The molecule has 6 nitrogen and oxygen atoms in total. The van der Waals surface area contributed by atoms with Gasteiger partial charge in [-0.2, -0.15) is 0 Å². The lowest BCUT2D eigenvalue weighted by Crippen LogP contribution is -2.34. The molecule has 0 spiro atoms. The van der Waals surface area contributed by atoms with Gasteiger partial charge in [0.05, 0.1) is 19.8 Å². The molecule has 0 amide bonds. The second kappa shape index (κ2) is 6.04. The molecule has 1 aliphatic carbocycles. The topological polar surface area (TPSA) is 72.1 Å². The zero-order chi connectivity index (χ0) is 15.6. The van der Waals surface area contributed by atoms with Crippen LogP contribution < -0.4 is 20.5 Å². The lowest BCUT2D eigenvalue weighted by Gasteiger charge is -2.21. The van der Waals surface area contributed by atoms with Crippen molar-refractivity contribution < 1.29 is 9.47 Å². The Balaban J connectivity index is 1.64. The maximum absolute atomic E-state index is 6.00. The summed E-state index contributed by atoms with van der Waals surface area (Å²) in [5.41, 5.74) is 7.06. The van der Waals surface area contributed by atoms with Crippen molar-refractivity contribution in [2.45, 2.75) is 24.8 Å². The van der Waals surface area contributed by atoms with Crippen LogP contribution in [0.1, 0.15) is 19.3 Å². The van der Waals surface area contributed by atoms with Gasteiger partial charge in [-0.05, 0) is 39.1 Å². The molecule has 1 heterocycles. The molecule has 120 valence electrons. The van der Waals surface area contributed by atoms with Gasteiger partial charge in [-0.25, -0.2) is 0 Å². The zero-order valence-electron chi connectivity index (χ0n) is 13.3. The molecule has 0 unspecified atom stereocenters. The molecule has 0 radical (unpaired) electrons. The minimum absolute atomic E-state index is 0.205. The van der Waals surface area contributed by atoms with E-state index < -0.39 is 0 Å². The van der Waals surface area contributed by atoms with Crippen molar-refractivity contribution in [1.29, 1.82) is 0 Å². The van der Waals surface area contributed by atoms with Crippen LogP contribution in [0.15, 0.2) is 23.2 Å². The Labute approximate surface area is 131 Å². The number of aliphatic imine (C=N–C) groups is 1. The number of anilines is 1. The molecule has 3 rings (SSSR count). The second-order valence-electron chi connectivity index (χ2n) is 6.16. The van der Waals surface area contributed by atoms with E-state index in [1.54, 1.807) is 0 Å². The Bertz CT molecular complexity index is 567. The number of nitrogens with zero attached hydrogens (tertiary/aromatic N) is 2. The summed E-state index contributed by atoms with van der Waals surface area (Å²) in [7, 11) is 4.19. The number of likely N-dealkylation sites (N-methyl/N-ethyl adjacent to an activating group) is 1. The van der Waals surface area contributed by atoms with E-state index in [2.05, 4.69) is 29.3 Å². The van der Waals surface area contributed by atoms with Gasteiger partial charge >= 0.3 is 0 Å². The number of nitrogens with one attached hydrogen (secondary N) is 1. The fourth-order valence-electron chi connectivity index (χ4n) is 2.55. The van der Waals surface area contributed by atoms with Crippen LogP contribution in [0, 0.1) is 0 Å². The van der Waals surface area contributed by atoms with Crippen molar-refractivity contribution in [2.75, 3.05) is 39.2 Å². The van der Waals surface area contributed by atoms with Gasteiger partial charge in [0.25, 0.3) is 0 Å². The third-order valence-corrected chi connectivity index (χ3v) is 4.34. The largest absolute Gasteiger partial charge is 0.490 e. The predicted molar refractivity (Wildman–Crippen MR) is 87.8 cm³/mol. The van der Waals surface area contributed by atoms with Crippen molar-refractivity contribution in [2.24, 2.45) is 10.7 Å². The fraction of sp³-hybridized carbons (Fsp3) is 0.562. The minimum atomic E-state index is 0.205. The first kappa shape index (κ1) is 15.0. The van der Waals surface area contributed by atoms with Crippen LogP contribution in [0.3, 0.4) is 0 Å². The lowest BCUT2D eigenvalue weighted by molar-refractivity contribution is 0.279. The number of hydrogen-bond donors (Lipinski definition) is 2. The maximum Gasteiger partial charge on any atom is 0.193 e. The monoisotopic (exact) mass is 304 g/mol. The molecule has 0 bridgehead atoms. The molecule has 1 aromatic rings. The third kappa shape index (κ3) is 3.27. The molecular formula is C16H24N4O2. The highest BCUT2D eigenvalue weighted by atomic mass is 16.5. The van der Waals surface area contributed by atoms with Crippen molar-refractivity contribution in [3.8, 4) is 11.5 Å². The Kier molecular flexibility index (Phi) is 4.11. The average molecular weight is 304 g/mol. The van der Waals surface area contributed by atoms with Crippen LogP contribution in [0.2, 0.25) is 0 Å². The Hall–Kier alpha value is -1.95. The maximum atomic E-state index is 6.00. The first-order valence-corrected chi connectivity index (χ1v) is 7.73. The normalized spacial score (nSPS) is 19.7. The molecule has 2 aliphatic rings. The Morgan fingerprint density at radius 2 is 2.00 bits per heavy atom. The SMILES string of the molecule is CN(C)C1(CN=C(N)Nc2ccc3c(c2)OCCCO3)CC1. The molecule has 0 saturated heterocycles. The average Bonchev–Trinajstić information content (AvgIpc) is 3.29. The lowest BCUT2D eigenvalue weighted by atomic mass is 10.2. The van der Waals surface area contributed by atoms with Crippen molar-refractivity contribution in [3.05, 3.63) is 18.2 Å². The number of nitrogens with two attached hydrogens (primary N) is 1. The summed E-state index contributed by atoms with van der Waals surface area (Å²) in [6.07, 6.45) is 3.26. The van der Waals surface area contributed by atoms with E-state index in [1.165, 1.54) is 12.8 Å². The van der Waals surface area contributed by atoms with Crippen LogP contribution in [-0.2, 0) is 0 Å². The van der Waals surface area contributed by atoms with E-state index in [9.17, 15) is 0 Å². The summed E-state index contributed by atoms with van der Waals surface area (Å²) < 4.78 is 11.3. The standard InChI is InChI=1S/C16H24N4O2/c1-20(2)16(6-7-16)11-18-15(17)19-12-4-5-13-14(10-12)22-9-3-8-21-13/h4-5,10H,3,6-9,11H2,1-2H3,(H3,17,18,19). The second-order valence-corrected chi connectivity index (χ2v) is 6.16. The Morgan fingerprint density at radius 3 is 2.68 bits per heavy atom. The van der Waals surface area contributed by atoms with E-state index in [-0.39, 0.29) is 5.54 Å². The molecule has 22 heavy (non-hydrogen) atoms. The van der Waals surface area contributed by atoms with Crippen LogP contribution in [0.5, 0.6) is 11.5 Å². The summed E-state index contributed by atoms with van der Waals surface area (Å²) in [6.45, 7) is 2.09. The number of guanidine groups is 1. The van der Waals surface area contributed by atoms with Crippen LogP contribution in [-0.4, -0.2) is 50.3 Å². The van der Waals surface area contributed by atoms with Gasteiger partial charge in [-0.3, -0.25) is 4.99 Å². The van der Waals surface area contributed by atoms with E-state index in [1.807, 2.05) is 18.2 Å². The van der Waals surface area contributed by atoms with Crippen LogP contribution in [0.25, 0.3) is 0 Å². The van der Waals surface area contributed by atoms with Crippen LogP contribution >= 0.6 is 0 Å². The summed E-state index contributed by atoms with van der Waals surface area (Å²) in [4.78, 5) is 6.71. The predicted octanol–water partition coefficient (Wildman–Crippen LogP) is 1.67. The summed E-state index contributed by atoms with van der Waals surface area (Å²) in [5.74, 6) is 1.97. The summed E-state index contributed by atoms with van der Waals surface area (Å²) in [5, 5.41) is 3.13. The van der Waals surface area contributed by atoms with E-state index in [0.29, 0.717) is 19.2 Å². The first-order valence-electron chi connectivity index (χ1n) is 7.73. The molecular weight excluding hydrogens is 280 g/mol. The minimum Gasteiger partial charge on any atom is -0.490 e. The van der Waals surface area contributed by atoms with Crippen molar-refractivity contribution in [3.63, 3.8) is 0 Å². The van der Waals surface area contributed by atoms with Gasteiger partial charge in [0, 0.05) is 23.7 Å². The molecule has 0 aromatic heterocycles. The van der Waals surface area contributed by atoms with Gasteiger partial charge in [0.15, 0.2) is 17.5 Å². The van der Waals surface area contributed by atoms with Crippen molar-refractivity contribution in [1.82, 2.24) is 4.90 Å². The molecule has 1 saturated carbocycles.